The number of thioether (sulfide) groups is 1. The fraction of sp³-hybridized carbons (Fsp3) is 0.174. The fourth-order valence-corrected chi connectivity index (χ4v) is 4.59. The molecule has 0 fully saturated rings. The monoisotopic (exact) mass is 429 g/mol. The molecule has 3 aromatic rings. The van der Waals surface area contributed by atoms with Gasteiger partial charge in [-0.15, -0.1) is 11.8 Å². The average molecular weight is 430 g/mol. The van der Waals surface area contributed by atoms with Crippen LogP contribution in [0.2, 0.25) is 10.0 Å². The van der Waals surface area contributed by atoms with E-state index in [1.165, 1.54) is 11.8 Å². The molecule has 5 heteroatoms. The summed E-state index contributed by atoms with van der Waals surface area (Å²) in [4.78, 5) is 12.7. The second-order valence-corrected chi connectivity index (χ2v) is 8.26. The molecule has 1 amide bonds. The van der Waals surface area contributed by atoms with Crippen LogP contribution < -0.4 is 5.32 Å². The van der Waals surface area contributed by atoms with Crippen LogP contribution >= 0.6 is 35.0 Å². The van der Waals surface area contributed by atoms with E-state index in [2.05, 4.69) is 24.4 Å². The number of benzene rings is 3. The molecule has 0 saturated heterocycles. The third-order valence-corrected chi connectivity index (χ3v) is 6.15. The molecule has 0 radical (unpaired) electrons. The van der Waals surface area contributed by atoms with Crippen molar-refractivity contribution < 1.29 is 4.79 Å². The largest absolute Gasteiger partial charge is 0.344 e. The SMILES string of the molecule is Cc1ccccc1[C@H](NC(=O)CSCc1c(Cl)cccc1Cl)c1ccccc1. The van der Waals surface area contributed by atoms with Crippen LogP contribution in [-0.2, 0) is 10.5 Å². The highest BCUT2D eigenvalue weighted by Crippen LogP contribution is 2.29. The Bertz CT molecular complexity index is 926. The lowest BCUT2D eigenvalue weighted by Crippen LogP contribution is -2.31. The van der Waals surface area contributed by atoms with Crippen LogP contribution in [0.4, 0.5) is 0 Å². The molecule has 1 N–H and O–H groups in total. The molecule has 0 aliphatic heterocycles. The van der Waals surface area contributed by atoms with Gasteiger partial charge in [0, 0.05) is 15.8 Å². The third-order valence-electron chi connectivity index (χ3n) is 4.48. The number of carbonyl (C=O) groups excluding carboxylic acids is 1. The van der Waals surface area contributed by atoms with Gasteiger partial charge >= 0.3 is 0 Å². The summed E-state index contributed by atoms with van der Waals surface area (Å²) in [5, 5.41) is 4.43. The van der Waals surface area contributed by atoms with Crippen LogP contribution in [0, 0.1) is 6.92 Å². The quantitative estimate of drug-likeness (QED) is 0.467. The minimum atomic E-state index is -0.181. The lowest BCUT2D eigenvalue weighted by atomic mass is 9.95. The van der Waals surface area contributed by atoms with Gasteiger partial charge in [-0.2, -0.15) is 0 Å². The van der Waals surface area contributed by atoms with E-state index in [1.807, 2.05) is 60.7 Å². The van der Waals surface area contributed by atoms with Gasteiger partial charge in [-0.3, -0.25) is 4.79 Å². The zero-order valence-electron chi connectivity index (χ0n) is 15.5. The van der Waals surface area contributed by atoms with E-state index in [-0.39, 0.29) is 11.9 Å². The van der Waals surface area contributed by atoms with Crippen LogP contribution in [0.3, 0.4) is 0 Å². The number of amides is 1. The second-order valence-electron chi connectivity index (χ2n) is 6.46. The smallest absolute Gasteiger partial charge is 0.230 e. The molecule has 0 bridgehead atoms. The van der Waals surface area contributed by atoms with E-state index in [4.69, 9.17) is 23.2 Å². The number of hydrogen-bond acceptors (Lipinski definition) is 2. The van der Waals surface area contributed by atoms with Crippen molar-refractivity contribution in [3.63, 3.8) is 0 Å². The Kier molecular flexibility index (Phi) is 7.43. The van der Waals surface area contributed by atoms with Crippen molar-refractivity contribution in [1.82, 2.24) is 5.32 Å². The highest BCUT2D eigenvalue weighted by atomic mass is 35.5. The first-order valence-electron chi connectivity index (χ1n) is 8.96. The molecule has 0 aliphatic carbocycles. The van der Waals surface area contributed by atoms with Gasteiger partial charge in [0.1, 0.15) is 0 Å². The van der Waals surface area contributed by atoms with E-state index in [0.717, 1.165) is 22.3 Å². The van der Waals surface area contributed by atoms with Crippen molar-refractivity contribution in [2.24, 2.45) is 0 Å². The molecule has 28 heavy (non-hydrogen) atoms. The number of rotatable bonds is 7. The minimum Gasteiger partial charge on any atom is -0.344 e. The second kappa shape index (κ2) is 10.0. The Morgan fingerprint density at radius 3 is 2.25 bits per heavy atom. The molecule has 0 aliphatic rings. The third kappa shape index (κ3) is 5.32. The summed E-state index contributed by atoms with van der Waals surface area (Å²) in [6.45, 7) is 2.06. The Morgan fingerprint density at radius 2 is 1.57 bits per heavy atom. The van der Waals surface area contributed by atoms with Crippen molar-refractivity contribution in [3.05, 3.63) is 105 Å². The van der Waals surface area contributed by atoms with E-state index in [1.54, 1.807) is 0 Å². The molecule has 0 heterocycles. The van der Waals surface area contributed by atoms with Gasteiger partial charge in [-0.1, -0.05) is 83.9 Å². The van der Waals surface area contributed by atoms with Gasteiger partial charge in [-0.25, -0.2) is 0 Å². The molecule has 0 saturated carbocycles. The lowest BCUT2D eigenvalue weighted by Gasteiger charge is -2.21. The predicted molar refractivity (Wildman–Crippen MR) is 120 cm³/mol. The molecule has 2 nitrogen and oxygen atoms in total. The van der Waals surface area contributed by atoms with E-state index in [9.17, 15) is 4.79 Å². The topological polar surface area (TPSA) is 29.1 Å². The van der Waals surface area contributed by atoms with Crippen LogP contribution in [0.25, 0.3) is 0 Å². The highest BCUT2D eigenvalue weighted by Gasteiger charge is 2.18. The van der Waals surface area contributed by atoms with Gasteiger partial charge in [0.2, 0.25) is 5.91 Å². The minimum absolute atomic E-state index is 0.0229. The van der Waals surface area contributed by atoms with Crippen molar-refractivity contribution in [2.45, 2.75) is 18.7 Å². The molecule has 3 aromatic carbocycles. The Hall–Kier alpha value is -1.94. The lowest BCUT2D eigenvalue weighted by molar-refractivity contribution is -0.119. The van der Waals surface area contributed by atoms with Crippen LogP contribution in [0.1, 0.15) is 28.3 Å². The van der Waals surface area contributed by atoms with Crippen LogP contribution in [-0.4, -0.2) is 11.7 Å². The normalized spacial score (nSPS) is 11.8. The highest BCUT2D eigenvalue weighted by molar-refractivity contribution is 7.99. The van der Waals surface area contributed by atoms with Gasteiger partial charge < -0.3 is 5.32 Å². The number of nitrogens with one attached hydrogen (secondary N) is 1. The molecule has 3 rings (SSSR count). The van der Waals surface area contributed by atoms with Crippen molar-refractivity contribution >= 4 is 40.9 Å². The standard InChI is InChI=1S/C23H21Cl2NOS/c1-16-8-5-6-11-18(16)23(17-9-3-2-4-10-17)26-22(27)15-28-14-19-20(24)12-7-13-21(19)25/h2-13,23H,14-15H2,1H3,(H,26,27)/t23-/m1/s1. The van der Waals surface area contributed by atoms with Gasteiger partial charge in [-0.05, 0) is 41.3 Å². The van der Waals surface area contributed by atoms with Crippen molar-refractivity contribution in [2.75, 3.05) is 5.75 Å². The fourth-order valence-electron chi connectivity index (χ4n) is 3.02. The first-order chi connectivity index (χ1) is 13.6. The van der Waals surface area contributed by atoms with E-state index < -0.39 is 0 Å². The maximum Gasteiger partial charge on any atom is 0.230 e. The summed E-state index contributed by atoms with van der Waals surface area (Å²) < 4.78 is 0. The average Bonchev–Trinajstić information content (AvgIpc) is 2.70. The summed E-state index contributed by atoms with van der Waals surface area (Å²) in [7, 11) is 0. The Balaban J connectivity index is 1.69. The number of aryl methyl sites for hydroxylation is 1. The van der Waals surface area contributed by atoms with E-state index in [0.29, 0.717) is 21.6 Å². The summed E-state index contributed by atoms with van der Waals surface area (Å²) in [5.41, 5.74) is 4.17. The predicted octanol–water partition coefficient (Wildman–Crippen LogP) is 6.44. The number of hydrogen-bond donors (Lipinski definition) is 1. The zero-order chi connectivity index (χ0) is 19.9. The summed E-state index contributed by atoms with van der Waals surface area (Å²) in [6, 6.07) is 23.4. The summed E-state index contributed by atoms with van der Waals surface area (Å²) >= 11 is 13.9. The molecule has 0 spiro atoms. The van der Waals surface area contributed by atoms with Gasteiger partial charge in [0.25, 0.3) is 0 Å². The summed E-state index contributed by atoms with van der Waals surface area (Å²) in [6.07, 6.45) is 0. The maximum absolute atomic E-state index is 12.7. The van der Waals surface area contributed by atoms with Crippen molar-refractivity contribution in [1.29, 1.82) is 0 Å². The van der Waals surface area contributed by atoms with Gasteiger partial charge in [0.05, 0.1) is 11.8 Å². The first-order valence-corrected chi connectivity index (χ1v) is 10.9. The molecule has 0 aromatic heterocycles. The molecular formula is C23H21Cl2NOS. The van der Waals surface area contributed by atoms with Crippen molar-refractivity contribution in [3.8, 4) is 0 Å². The Morgan fingerprint density at radius 1 is 0.929 bits per heavy atom. The summed E-state index contributed by atoms with van der Waals surface area (Å²) in [5.74, 6) is 0.897. The zero-order valence-corrected chi connectivity index (χ0v) is 17.8. The number of carbonyl (C=O) groups is 1. The molecular weight excluding hydrogens is 409 g/mol. The van der Waals surface area contributed by atoms with Crippen LogP contribution in [0.5, 0.6) is 0 Å². The maximum atomic E-state index is 12.7. The van der Waals surface area contributed by atoms with Gasteiger partial charge in [0.15, 0.2) is 0 Å². The molecule has 1 atom stereocenters. The molecule has 0 unspecified atom stereocenters. The Labute approximate surface area is 180 Å². The van der Waals surface area contributed by atoms with E-state index >= 15 is 0 Å². The molecule has 144 valence electrons. The van der Waals surface area contributed by atoms with Crippen LogP contribution in [0.15, 0.2) is 72.8 Å². The first kappa shape index (κ1) is 20.8. The number of halogens is 2.